The zero-order chi connectivity index (χ0) is 14.8. The molecule has 1 aliphatic rings. The van der Waals surface area contributed by atoms with E-state index in [0.717, 1.165) is 4.47 Å². The van der Waals surface area contributed by atoms with Crippen LogP contribution in [0.2, 0.25) is 5.02 Å². The Hall–Kier alpha value is -0.0100. The van der Waals surface area contributed by atoms with Gasteiger partial charge in [0.05, 0.1) is 6.42 Å². The lowest BCUT2D eigenvalue weighted by molar-refractivity contribution is -0.148. The molecule has 2 nitrogen and oxygen atoms in total. The smallest absolute Gasteiger partial charge is 0.314 e. The highest BCUT2D eigenvalue weighted by atomic mass is 79.9. The molecule has 0 saturated carbocycles. The number of hydrogen-bond donors (Lipinski definition) is 1. The summed E-state index contributed by atoms with van der Waals surface area (Å²) in [6.07, 6.45) is -5.10. The van der Waals surface area contributed by atoms with Crippen molar-refractivity contribution in [3.05, 3.63) is 33.3 Å². The second-order valence-corrected chi connectivity index (χ2v) is 6.11. The van der Waals surface area contributed by atoms with Crippen LogP contribution in [0.15, 0.2) is 22.7 Å². The van der Waals surface area contributed by atoms with Gasteiger partial charge >= 0.3 is 6.18 Å². The highest BCUT2D eigenvalue weighted by molar-refractivity contribution is 9.10. The molecule has 0 bridgehead atoms. The molecule has 0 radical (unpaired) electrons. The molecule has 1 aromatic carbocycles. The summed E-state index contributed by atoms with van der Waals surface area (Å²) < 4.78 is 39.3. The van der Waals surface area contributed by atoms with Gasteiger partial charge in [0.1, 0.15) is 0 Å². The molecule has 120 valence electrons. The molecular weight excluding hydrogens is 392 g/mol. The van der Waals surface area contributed by atoms with E-state index in [9.17, 15) is 13.2 Å². The van der Waals surface area contributed by atoms with Gasteiger partial charge in [-0.2, -0.15) is 13.2 Å². The van der Waals surface area contributed by atoms with Crippen molar-refractivity contribution in [2.75, 3.05) is 26.2 Å². The molecule has 0 aromatic heterocycles. The van der Waals surface area contributed by atoms with Crippen molar-refractivity contribution in [3.8, 4) is 0 Å². The quantitative estimate of drug-likeness (QED) is 0.797. The van der Waals surface area contributed by atoms with Crippen LogP contribution < -0.4 is 5.32 Å². The van der Waals surface area contributed by atoms with Crippen LogP contribution in [0.1, 0.15) is 18.0 Å². The Labute approximate surface area is 141 Å². The summed E-state index contributed by atoms with van der Waals surface area (Å²) in [6.45, 7) is 2.57. The number of nitrogens with zero attached hydrogens (tertiary/aromatic N) is 1. The molecule has 1 saturated heterocycles. The first-order valence-electron chi connectivity index (χ1n) is 6.33. The van der Waals surface area contributed by atoms with Crippen LogP contribution in [-0.2, 0) is 0 Å². The van der Waals surface area contributed by atoms with Crippen molar-refractivity contribution >= 4 is 39.9 Å². The first kappa shape index (κ1) is 19.0. The van der Waals surface area contributed by atoms with Gasteiger partial charge in [0.25, 0.3) is 0 Å². The van der Waals surface area contributed by atoms with Crippen LogP contribution in [0.25, 0.3) is 0 Å². The van der Waals surface area contributed by atoms with Crippen LogP contribution in [0.3, 0.4) is 0 Å². The molecule has 8 heteroatoms. The molecule has 1 N–H and O–H groups in total. The molecule has 2 rings (SSSR count). The highest BCUT2D eigenvalue weighted by Crippen LogP contribution is 2.37. The summed E-state index contributed by atoms with van der Waals surface area (Å²) in [7, 11) is 0. The molecule has 0 unspecified atom stereocenters. The predicted octanol–water partition coefficient (Wildman–Crippen LogP) is 4.42. The maximum Gasteiger partial charge on any atom is 0.390 e. The number of nitrogens with one attached hydrogen (secondary N) is 1. The Morgan fingerprint density at radius 1 is 1.29 bits per heavy atom. The van der Waals surface area contributed by atoms with E-state index in [4.69, 9.17) is 11.6 Å². The van der Waals surface area contributed by atoms with Crippen molar-refractivity contribution in [2.45, 2.75) is 18.6 Å². The van der Waals surface area contributed by atoms with Crippen molar-refractivity contribution < 1.29 is 13.2 Å². The molecular formula is C13H16BrCl2F3N2. The second-order valence-electron chi connectivity index (χ2n) is 4.79. The van der Waals surface area contributed by atoms with E-state index in [1.165, 1.54) is 0 Å². The van der Waals surface area contributed by atoms with Gasteiger partial charge in [0, 0.05) is 41.7 Å². The normalized spacial score (nSPS) is 18.1. The van der Waals surface area contributed by atoms with E-state index in [1.54, 1.807) is 18.2 Å². The largest absolute Gasteiger partial charge is 0.390 e. The minimum atomic E-state index is -4.22. The molecule has 1 aromatic rings. The highest BCUT2D eigenvalue weighted by Gasteiger charge is 2.36. The van der Waals surface area contributed by atoms with Gasteiger partial charge in [-0.3, -0.25) is 4.90 Å². The number of benzene rings is 1. The Balaban J connectivity index is 0.00000220. The van der Waals surface area contributed by atoms with Crippen LogP contribution in [0.4, 0.5) is 13.2 Å². The van der Waals surface area contributed by atoms with E-state index >= 15 is 0 Å². The molecule has 1 fully saturated rings. The van der Waals surface area contributed by atoms with Crippen LogP contribution in [0, 0.1) is 0 Å². The van der Waals surface area contributed by atoms with Gasteiger partial charge in [-0.05, 0) is 17.7 Å². The van der Waals surface area contributed by atoms with Gasteiger partial charge in [-0.25, -0.2) is 0 Å². The number of hydrogen-bond acceptors (Lipinski definition) is 2. The van der Waals surface area contributed by atoms with E-state index in [0.29, 0.717) is 36.8 Å². The Morgan fingerprint density at radius 2 is 1.90 bits per heavy atom. The average molecular weight is 408 g/mol. The monoisotopic (exact) mass is 406 g/mol. The average Bonchev–Trinajstić information content (AvgIpc) is 2.36. The summed E-state index contributed by atoms with van der Waals surface area (Å²) in [6, 6.07) is 4.32. The first-order valence-corrected chi connectivity index (χ1v) is 7.50. The standard InChI is InChI=1S/C13H15BrClF3N2.ClH/c14-9-1-2-10(11(15)7-9)12(8-13(16,17)18)20-5-3-19-4-6-20;/h1-2,7,12,19H,3-6,8H2;1H/t12-;/m1./s1. The van der Waals surface area contributed by atoms with Crippen LogP contribution in [0.5, 0.6) is 0 Å². The van der Waals surface area contributed by atoms with Gasteiger partial charge < -0.3 is 5.32 Å². The lowest BCUT2D eigenvalue weighted by Gasteiger charge is -2.36. The molecule has 1 aliphatic heterocycles. The molecule has 1 atom stereocenters. The van der Waals surface area contributed by atoms with E-state index in [2.05, 4.69) is 21.2 Å². The number of piperazine rings is 1. The molecule has 0 aliphatic carbocycles. The predicted molar refractivity (Wildman–Crippen MR) is 84.3 cm³/mol. The minimum Gasteiger partial charge on any atom is -0.314 e. The number of halogens is 6. The molecule has 1 heterocycles. The van der Waals surface area contributed by atoms with Crippen LogP contribution >= 0.6 is 39.9 Å². The molecule has 0 spiro atoms. The second kappa shape index (κ2) is 8.02. The molecule has 21 heavy (non-hydrogen) atoms. The van der Waals surface area contributed by atoms with Crippen LogP contribution in [-0.4, -0.2) is 37.3 Å². The van der Waals surface area contributed by atoms with Gasteiger partial charge in [-0.1, -0.05) is 33.6 Å². The zero-order valence-corrected chi connectivity index (χ0v) is 14.2. The minimum absolute atomic E-state index is 0. The fourth-order valence-corrected chi connectivity index (χ4v) is 3.22. The van der Waals surface area contributed by atoms with Crippen molar-refractivity contribution in [2.24, 2.45) is 0 Å². The van der Waals surface area contributed by atoms with E-state index in [-0.39, 0.29) is 12.4 Å². The van der Waals surface area contributed by atoms with E-state index < -0.39 is 18.6 Å². The topological polar surface area (TPSA) is 15.3 Å². The summed E-state index contributed by atoms with van der Waals surface area (Å²) in [5.74, 6) is 0. The van der Waals surface area contributed by atoms with Gasteiger partial charge in [0.15, 0.2) is 0 Å². The van der Waals surface area contributed by atoms with Crippen molar-refractivity contribution in [1.29, 1.82) is 0 Å². The SMILES string of the molecule is Cl.FC(F)(F)C[C@H](c1ccc(Br)cc1Cl)N1CCNCC1. The Morgan fingerprint density at radius 3 is 2.43 bits per heavy atom. The zero-order valence-electron chi connectivity index (χ0n) is 11.1. The fraction of sp³-hybridized carbons (Fsp3) is 0.538. The third-order valence-corrected chi connectivity index (χ3v) is 4.16. The molecule has 0 amide bonds. The van der Waals surface area contributed by atoms with E-state index in [1.807, 2.05) is 4.90 Å². The number of rotatable bonds is 3. The maximum absolute atomic E-state index is 12.9. The summed E-state index contributed by atoms with van der Waals surface area (Å²) in [4.78, 5) is 1.85. The maximum atomic E-state index is 12.9. The summed E-state index contributed by atoms with van der Waals surface area (Å²) in [5.41, 5.74) is 0.536. The van der Waals surface area contributed by atoms with Crippen molar-refractivity contribution in [3.63, 3.8) is 0 Å². The van der Waals surface area contributed by atoms with Crippen molar-refractivity contribution in [1.82, 2.24) is 10.2 Å². The Bertz CT molecular complexity index is 465. The number of alkyl halides is 3. The first-order chi connectivity index (χ1) is 9.37. The summed E-state index contributed by atoms with van der Waals surface area (Å²) in [5, 5.41) is 3.51. The third-order valence-electron chi connectivity index (χ3n) is 3.34. The third kappa shape index (κ3) is 5.60. The Kier molecular flexibility index (Phi) is 7.27. The lowest BCUT2D eigenvalue weighted by atomic mass is 10.0. The van der Waals surface area contributed by atoms with Gasteiger partial charge in [0.2, 0.25) is 0 Å². The fourth-order valence-electron chi connectivity index (χ4n) is 2.42. The van der Waals surface area contributed by atoms with Gasteiger partial charge in [-0.15, -0.1) is 12.4 Å². The summed E-state index contributed by atoms with van der Waals surface area (Å²) >= 11 is 9.41. The lowest BCUT2D eigenvalue weighted by Crippen LogP contribution is -2.46.